The van der Waals surface area contributed by atoms with Crippen LogP contribution in [-0.4, -0.2) is 38.0 Å². The van der Waals surface area contributed by atoms with Crippen molar-refractivity contribution >= 4 is 0 Å². The molecule has 17 heavy (non-hydrogen) atoms. The summed E-state index contributed by atoms with van der Waals surface area (Å²) in [5, 5.41) is 3.62. The van der Waals surface area contributed by atoms with Crippen molar-refractivity contribution in [2.45, 2.75) is 64.5 Å². The molecule has 0 aromatic rings. The average molecular weight is 243 g/mol. The predicted octanol–water partition coefficient (Wildman–Crippen LogP) is 2.74. The predicted molar refractivity (Wildman–Crippen MR) is 71.4 cm³/mol. The molecule has 0 saturated heterocycles. The summed E-state index contributed by atoms with van der Waals surface area (Å²) in [5.74, 6) is 0. The van der Waals surface area contributed by atoms with Gasteiger partial charge in [-0.2, -0.15) is 0 Å². The van der Waals surface area contributed by atoms with Gasteiger partial charge in [-0.1, -0.05) is 19.8 Å². The highest BCUT2D eigenvalue weighted by atomic mass is 16.5. The lowest BCUT2D eigenvalue weighted by atomic mass is 9.92. The summed E-state index contributed by atoms with van der Waals surface area (Å²) in [6, 6.07) is 0.352. The zero-order valence-electron chi connectivity index (χ0n) is 11.8. The number of hydrogen-bond acceptors (Lipinski definition) is 3. The Morgan fingerprint density at radius 2 is 1.82 bits per heavy atom. The first-order valence-electron chi connectivity index (χ1n) is 7.24. The van der Waals surface area contributed by atoms with Gasteiger partial charge in [-0.25, -0.2) is 0 Å². The van der Waals surface area contributed by atoms with E-state index in [0.29, 0.717) is 6.04 Å². The Bertz CT molecular complexity index is 183. The molecule has 102 valence electrons. The van der Waals surface area contributed by atoms with Crippen molar-refractivity contribution in [1.29, 1.82) is 0 Å². The SMILES string of the molecule is CCCNC(COCC)C1(OCC)CCCC1. The van der Waals surface area contributed by atoms with Gasteiger partial charge in [0.05, 0.1) is 18.2 Å². The van der Waals surface area contributed by atoms with Gasteiger partial charge in [0.25, 0.3) is 0 Å². The van der Waals surface area contributed by atoms with Crippen LogP contribution < -0.4 is 5.32 Å². The van der Waals surface area contributed by atoms with Crippen LogP contribution in [0, 0.1) is 0 Å². The van der Waals surface area contributed by atoms with Crippen molar-refractivity contribution in [1.82, 2.24) is 5.32 Å². The van der Waals surface area contributed by atoms with Crippen molar-refractivity contribution in [3.8, 4) is 0 Å². The first-order valence-corrected chi connectivity index (χ1v) is 7.24. The lowest BCUT2D eigenvalue weighted by Crippen LogP contribution is -2.53. The molecule has 0 aromatic heterocycles. The molecule has 1 rings (SSSR count). The normalized spacial score (nSPS) is 20.6. The van der Waals surface area contributed by atoms with E-state index in [1.165, 1.54) is 25.7 Å². The second-order valence-corrected chi connectivity index (χ2v) is 4.87. The zero-order chi connectivity index (χ0) is 12.6. The monoisotopic (exact) mass is 243 g/mol. The number of rotatable bonds is 9. The fourth-order valence-corrected chi connectivity index (χ4v) is 2.81. The van der Waals surface area contributed by atoms with Gasteiger partial charge in [0.1, 0.15) is 0 Å². The van der Waals surface area contributed by atoms with E-state index in [2.05, 4.69) is 26.1 Å². The molecule has 1 unspecified atom stereocenters. The molecule has 1 aliphatic carbocycles. The highest BCUT2D eigenvalue weighted by Crippen LogP contribution is 2.36. The van der Waals surface area contributed by atoms with E-state index in [-0.39, 0.29) is 5.60 Å². The van der Waals surface area contributed by atoms with Gasteiger partial charge < -0.3 is 14.8 Å². The van der Waals surface area contributed by atoms with Gasteiger partial charge in [-0.15, -0.1) is 0 Å². The molecule has 0 aromatic carbocycles. The summed E-state index contributed by atoms with van der Waals surface area (Å²) in [6.45, 7) is 9.76. The molecule has 1 fully saturated rings. The topological polar surface area (TPSA) is 30.5 Å². The third-order valence-corrected chi connectivity index (χ3v) is 3.65. The maximum absolute atomic E-state index is 6.10. The van der Waals surface area contributed by atoms with Gasteiger partial charge >= 0.3 is 0 Å². The summed E-state index contributed by atoms with van der Waals surface area (Å²) >= 11 is 0. The Morgan fingerprint density at radius 3 is 2.35 bits per heavy atom. The van der Waals surface area contributed by atoms with E-state index in [9.17, 15) is 0 Å². The van der Waals surface area contributed by atoms with Crippen LogP contribution in [0.1, 0.15) is 52.9 Å². The zero-order valence-corrected chi connectivity index (χ0v) is 11.8. The molecular formula is C14H29NO2. The van der Waals surface area contributed by atoms with Gasteiger partial charge in [-0.3, -0.25) is 0 Å². The molecule has 3 nitrogen and oxygen atoms in total. The third-order valence-electron chi connectivity index (χ3n) is 3.65. The van der Waals surface area contributed by atoms with E-state index < -0.39 is 0 Å². The molecule has 1 saturated carbocycles. The number of nitrogens with one attached hydrogen (secondary N) is 1. The number of ether oxygens (including phenoxy) is 2. The van der Waals surface area contributed by atoms with Crippen molar-refractivity contribution in [2.75, 3.05) is 26.4 Å². The second-order valence-electron chi connectivity index (χ2n) is 4.87. The molecule has 0 radical (unpaired) electrons. The van der Waals surface area contributed by atoms with Crippen LogP contribution in [0.3, 0.4) is 0 Å². The van der Waals surface area contributed by atoms with Crippen LogP contribution in [0.2, 0.25) is 0 Å². The van der Waals surface area contributed by atoms with Gasteiger partial charge in [-0.05, 0) is 39.7 Å². The van der Waals surface area contributed by atoms with Crippen molar-refractivity contribution in [3.05, 3.63) is 0 Å². The molecule has 0 aliphatic heterocycles. The van der Waals surface area contributed by atoms with Crippen LogP contribution in [0.25, 0.3) is 0 Å². The molecule has 0 amide bonds. The van der Waals surface area contributed by atoms with Crippen molar-refractivity contribution in [3.63, 3.8) is 0 Å². The standard InChI is InChI=1S/C14H29NO2/c1-4-11-15-13(12-16-5-2)14(17-6-3)9-7-8-10-14/h13,15H,4-12H2,1-3H3. The minimum Gasteiger partial charge on any atom is -0.380 e. The van der Waals surface area contributed by atoms with E-state index >= 15 is 0 Å². The summed E-state index contributed by atoms with van der Waals surface area (Å²) < 4.78 is 11.7. The Morgan fingerprint density at radius 1 is 1.12 bits per heavy atom. The first-order chi connectivity index (χ1) is 8.29. The number of hydrogen-bond donors (Lipinski definition) is 1. The largest absolute Gasteiger partial charge is 0.380 e. The van der Waals surface area contributed by atoms with Gasteiger partial charge in [0, 0.05) is 13.2 Å². The van der Waals surface area contributed by atoms with E-state index in [1.807, 2.05) is 0 Å². The van der Waals surface area contributed by atoms with Crippen LogP contribution in [0.4, 0.5) is 0 Å². The Kier molecular flexibility index (Phi) is 7.09. The minimum absolute atomic E-state index is 0.0269. The maximum atomic E-state index is 6.10. The Labute approximate surface area is 106 Å². The van der Waals surface area contributed by atoms with Crippen LogP contribution in [0.5, 0.6) is 0 Å². The summed E-state index contributed by atoms with van der Waals surface area (Å²) in [4.78, 5) is 0. The van der Waals surface area contributed by atoms with Gasteiger partial charge in [0.2, 0.25) is 0 Å². The first kappa shape index (κ1) is 14.9. The lowest BCUT2D eigenvalue weighted by Gasteiger charge is -2.38. The Balaban J connectivity index is 2.61. The second kappa shape index (κ2) is 8.06. The van der Waals surface area contributed by atoms with E-state index in [1.54, 1.807) is 0 Å². The molecule has 1 aliphatic rings. The maximum Gasteiger partial charge on any atom is 0.0857 e. The van der Waals surface area contributed by atoms with E-state index in [4.69, 9.17) is 9.47 Å². The van der Waals surface area contributed by atoms with Crippen LogP contribution in [-0.2, 0) is 9.47 Å². The Hall–Kier alpha value is -0.120. The fraction of sp³-hybridized carbons (Fsp3) is 1.00. The molecule has 1 N–H and O–H groups in total. The van der Waals surface area contributed by atoms with Crippen LogP contribution in [0.15, 0.2) is 0 Å². The molecule has 1 atom stereocenters. The smallest absolute Gasteiger partial charge is 0.0857 e. The summed E-state index contributed by atoms with van der Waals surface area (Å²) in [5.41, 5.74) is 0.0269. The van der Waals surface area contributed by atoms with Crippen LogP contribution >= 0.6 is 0 Å². The summed E-state index contributed by atoms with van der Waals surface area (Å²) in [7, 11) is 0. The third kappa shape index (κ3) is 4.23. The van der Waals surface area contributed by atoms with Crippen molar-refractivity contribution in [2.24, 2.45) is 0 Å². The van der Waals surface area contributed by atoms with Crippen molar-refractivity contribution < 1.29 is 9.47 Å². The quantitative estimate of drug-likeness (QED) is 0.675. The molecule has 0 heterocycles. The highest BCUT2D eigenvalue weighted by Gasteiger charge is 2.41. The summed E-state index contributed by atoms with van der Waals surface area (Å²) in [6.07, 6.45) is 6.09. The highest BCUT2D eigenvalue weighted by molar-refractivity contribution is 4.97. The fourth-order valence-electron chi connectivity index (χ4n) is 2.81. The molecular weight excluding hydrogens is 214 g/mol. The molecule has 0 bridgehead atoms. The van der Waals surface area contributed by atoms with E-state index in [0.717, 1.165) is 32.8 Å². The minimum atomic E-state index is 0.0269. The molecule has 3 heteroatoms. The van der Waals surface area contributed by atoms with Gasteiger partial charge in [0.15, 0.2) is 0 Å². The lowest BCUT2D eigenvalue weighted by molar-refractivity contribution is -0.0795. The molecule has 0 spiro atoms. The average Bonchev–Trinajstić information content (AvgIpc) is 2.79.